The molecule has 0 unspecified atom stereocenters. The molecule has 0 radical (unpaired) electrons. The first-order valence-electron chi connectivity index (χ1n) is 7.11. The number of rotatable bonds is 3. The van der Waals surface area contributed by atoms with Crippen LogP contribution in [0.15, 0.2) is 42.5 Å². The minimum Gasteiger partial charge on any atom is -0.497 e. The van der Waals surface area contributed by atoms with Gasteiger partial charge in [-0.05, 0) is 36.4 Å². The van der Waals surface area contributed by atoms with Gasteiger partial charge in [0.1, 0.15) is 18.1 Å². The highest BCUT2D eigenvalue weighted by atomic mass is 16.5. The number of hydrogen-bond acceptors (Lipinski definition) is 4. The maximum absolute atomic E-state index is 12.2. The van der Waals surface area contributed by atoms with E-state index >= 15 is 0 Å². The summed E-state index contributed by atoms with van der Waals surface area (Å²) in [6, 6.07) is 12.7. The summed E-state index contributed by atoms with van der Waals surface area (Å²) in [5, 5.41) is 2.88. The predicted octanol–water partition coefficient (Wildman–Crippen LogP) is 2.78. The summed E-state index contributed by atoms with van der Waals surface area (Å²) < 4.78 is 10.7. The van der Waals surface area contributed by atoms with Gasteiger partial charge < -0.3 is 19.7 Å². The van der Waals surface area contributed by atoms with Gasteiger partial charge in [-0.3, -0.25) is 4.79 Å². The second-order valence-corrected chi connectivity index (χ2v) is 5.14. The topological polar surface area (TPSA) is 50.8 Å². The summed E-state index contributed by atoms with van der Waals surface area (Å²) in [7, 11) is 3.62. The highest BCUT2D eigenvalue weighted by Crippen LogP contribution is 2.33. The Morgan fingerprint density at radius 1 is 1.23 bits per heavy atom. The van der Waals surface area contributed by atoms with Crippen molar-refractivity contribution in [2.45, 2.75) is 0 Å². The fraction of sp³-hybridized carbons (Fsp3) is 0.235. The van der Waals surface area contributed by atoms with Crippen molar-refractivity contribution in [1.29, 1.82) is 0 Å². The lowest BCUT2D eigenvalue weighted by atomic mass is 10.2. The number of likely N-dealkylation sites (N-methyl/N-ethyl adjacent to an activating group) is 1. The number of amides is 1. The van der Waals surface area contributed by atoms with E-state index in [2.05, 4.69) is 10.2 Å². The van der Waals surface area contributed by atoms with Crippen molar-refractivity contribution in [1.82, 2.24) is 0 Å². The molecule has 5 heteroatoms. The number of carbonyl (C=O) groups excluding carboxylic acids is 1. The van der Waals surface area contributed by atoms with Gasteiger partial charge in [0.15, 0.2) is 0 Å². The highest BCUT2D eigenvalue weighted by Gasteiger charge is 2.15. The number of fused-ring (bicyclic) bond motifs is 1. The van der Waals surface area contributed by atoms with Gasteiger partial charge >= 0.3 is 0 Å². The van der Waals surface area contributed by atoms with Gasteiger partial charge in [0, 0.05) is 24.4 Å². The molecule has 5 nitrogen and oxygen atoms in total. The van der Waals surface area contributed by atoms with Crippen LogP contribution in [-0.2, 0) is 0 Å². The average molecular weight is 298 g/mol. The van der Waals surface area contributed by atoms with E-state index in [0.29, 0.717) is 12.2 Å². The first kappa shape index (κ1) is 14.3. The van der Waals surface area contributed by atoms with E-state index in [1.807, 2.05) is 25.2 Å². The summed E-state index contributed by atoms with van der Waals surface area (Å²) in [5.41, 5.74) is 2.33. The number of benzene rings is 2. The molecule has 0 bridgehead atoms. The third kappa shape index (κ3) is 2.83. The first-order chi connectivity index (χ1) is 10.7. The van der Waals surface area contributed by atoms with Gasteiger partial charge in [-0.2, -0.15) is 0 Å². The van der Waals surface area contributed by atoms with Crippen LogP contribution in [0.4, 0.5) is 11.4 Å². The molecule has 2 aromatic rings. The van der Waals surface area contributed by atoms with Crippen molar-refractivity contribution < 1.29 is 14.3 Å². The lowest BCUT2D eigenvalue weighted by Crippen LogP contribution is -2.28. The van der Waals surface area contributed by atoms with E-state index < -0.39 is 0 Å². The fourth-order valence-corrected chi connectivity index (χ4v) is 2.38. The van der Waals surface area contributed by atoms with Gasteiger partial charge in [-0.25, -0.2) is 0 Å². The molecule has 114 valence electrons. The minimum absolute atomic E-state index is 0.160. The second kappa shape index (κ2) is 5.97. The molecule has 0 saturated carbocycles. The van der Waals surface area contributed by atoms with Crippen LogP contribution < -0.4 is 19.7 Å². The Kier molecular flexibility index (Phi) is 3.87. The standard InChI is InChI=1S/C17H18N2O3/c1-19-9-10-22-16-11-13(5-8-15(16)19)18-17(20)12-3-6-14(21-2)7-4-12/h3-8,11H,9-10H2,1-2H3,(H,18,20). The van der Waals surface area contributed by atoms with Crippen LogP contribution in [-0.4, -0.2) is 33.2 Å². The van der Waals surface area contributed by atoms with Crippen molar-refractivity contribution in [2.24, 2.45) is 0 Å². The molecule has 0 fully saturated rings. The number of anilines is 2. The van der Waals surface area contributed by atoms with Gasteiger partial charge in [-0.15, -0.1) is 0 Å². The van der Waals surface area contributed by atoms with Crippen molar-refractivity contribution in [3.8, 4) is 11.5 Å². The highest BCUT2D eigenvalue weighted by molar-refractivity contribution is 6.04. The Balaban J connectivity index is 1.76. The van der Waals surface area contributed by atoms with E-state index in [1.54, 1.807) is 31.4 Å². The molecular weight excluding hydrogens is 280 g/mol. The number of methoxy groups -OCH3 is 1. The Bertz CT molecular complexity index is 683. The lowest BCUT2D eigenvalue weighted by Gasteiger charge is -2.27. The quantitative estimate of drug-likeness (QED) is 0.946. The van der Waals surface area contributed by atoms with Crippen LogP contribution >= 0.6 is 0 Å². The van der Waals surface area contributed by atoms with E-state index in [9.17, 15) is 4.79 Å². The number of hydrogen-bond donors (Lipinski definition) is 1. The third-order valence-corrected chi connectivity index (χ3v) is 3.67. The number of ether oxygens (including phenoxy) is 2. The largest absolute Gasteiger partial charge is 0.497 e. The zero-order chi connectivity index (χ0) is 15.5. The smallest absolute Gasteiger partial charge is 0.255 e. The Hall–Kier alpha value is -2.69. The summed E-state index contributed by atoms with van der Waals surface area (Å²) in [6.07, 6.45) is 0. The van der Waals surface area contributed by atoms with Crippen LogP contribution in [0.5, 0.6) is 11.5 Å². The van der Waals surface area contributed by atoms with Crippen LogP contribution in [0, 0.1) is 0 Å². The van der Waals surface area contributed by atoms with Crippen molar-refractivity contribution >= 4 is 17.3 Å². The van der Waals surface area contributed by atoms with Crippen LogP contribution in [0.25, 0.3) is 0 Å². The molecule has 3 rings (SSSR count). The maximum atomic E-state index is 12.2. The third-order valence-electron chi connectivity index (χ3n) is 3.67. The number of carbonyl (C=O) groups is 1. The van der Waals surface area contributed by atoms with E-state index in [4.69, 9.17) is 9.47 Å². The Morgan fingerprint density at radius 2 is 2.00 bits per heavy atom. The Morgan fingerprint density at radius 3 is 2.73 bits per heavy atom. The zero-order valence-electron chi connectivity index (χ0n) is 12.6. The molecule has 0 aliphatic carbocycles. The maximum Gasteiger partial charge on any atom is 0.255 e. The molecule has 22 heavy (non-hydrogen) atoms. The minimum atomic E-state index is -0.160. The van der Waals surface area contributed by atoms with Gasteiger partial charge in [0.2, 0.25) is 0 Å². The summed E-state index contributed by atoms with van der Waals surface area (Å²) in [6.45, 7) is 1.52. The lowest BCUT2D eigenvalue weighted by molar-refractivity contribution is 0.102. The average Bonchev–Trinajstić information content (AvgIpc) is 2.55. The normalized spacial score (nSPS) is 13.1. The second-order valence-electron chi connectivity index (χ2n) is 5.14. The monoisotopic (exact) mass is 298 g/mol. The molecule has 1 aliphatic rings. The molecule has 1 N–H and O–H groups in total. The van der Waals surface area contributed by atoms with Gasteiger partial charge in [0.25, 0.3) is 5.91 Å². The predicted molar refractivity (Wildman–Crippen MR) is 86.2 cm³/mol. The molecule has 0 atom stereocenters. The molecule has 1 heterocycles. The molecule has 2 aromatic carbocycles. The molecular formula is C17H18N2O3. The Labute approximate surface area is 129 Å². The number of nitrogens with zero attached hydrogens (tertiary/aromatic N) is 1. The summed E-state index contributed by atoms with van der Waals surface area (Å²) in [5.74, 6) is 1.36. The first-order valence-corrected chi connectivity index (χ1v) is 7.11. The van der Waals surface area contributed by atoms with Gasteiger partial charge in [-0.1, -0.05) is 0 Å². The zero-order valence-corrected chi connectivity index (χ0v) is 12.6. The van der Waals surface area contributed by atoms with Gasteiger partial charge in [0.05, 0.1) is 19.3 Å². The van der Waals surface area contributed by atoms with Crippen molar-refractivity contribution in [3.05, 3.63) is 48.0 Å². The molecule has 1 amide bonds. The van der Waals surface area contributed by atoms with E-state index in [0.717, 1.165) is 29.4 Å². The molecule has 1 aliphatic heterocycles. The summed E-state index contributed by atoms with van der Waals surface area (Å²) in [4.78, 5) is 14.4. The van der Waals surface area contributed by atoms with Crippen LogP contribution in [0.1, 0.15) is 10.4 Å². The molecule has 0 aromatic heterocycles. The number of nitrogens with one attached hydrogen (secondary N) is 1. The van der Waals surface area contributed by atoms with Crippen LogP contribution in [0.3, 0.4) is 0 Å². The summed E-state index contributed by atoms with van der Waals surface area (Å²) >= 11 is 0. The SMILES string of the molecule is COc1ccc(C(=O)Nc2ccc3c(c2)OCCN3C)cc1. The van der Waals surface area contributed by atoms with E-state index in [1.165, 1.54) is 0 Å². The molecule has 0 saturated heterocycles. The van der Waals surface area contributed by atoms with E-state index in [-0.39, 0.29) is 5.91 Å². The van der Waals surface area contributed by atoms with Crippen molar-refractivity contribution in [3.63, 3.8) is 0 Å². The fourth-order valence-electron chi connectivity index (χ4n) is 2.38. The molecule has 0 spiro atoms. The van der Waals surface area contributed by atoms with Crippen molar-refractivity contribution in [2.75, 3.05) is 37.5 Å². The van der Waals surface area contributed by atoms with Crippen LogP contribution in [0.2, 0.25) is 0 Å².